The number of methoxy groups -OCH3 is 1. The van der Waals surface area contributed by atoms with Gasteiger partial charge in [-0.05, 0) is 31.0 Å². The Morgan fingerprint density at radius 3 is 2.65 bits per heavy atom. The van der Waals surface area contributed by atoms with E-state index in [0.717, 1.165) is 16.9 Å². The van der Waals surface area contributed by atoms with Gasteiger partial charge in [0.2, 0.25) is 0 Å². The summed E-state index contributed by atoms with van der Waals surface area (Å²) in [7, 11) is 1.60. The molecule has 0 aliphatic rings. The largest absolute Gasteiger partial charge is 0.496 e. The fraction of sp³-hybridized carbons (Fsp3) is 0.188. The lowest BCUT2D eigenvalue weighted by Crippen LogP contribution is -2.16. The van der Waals surface area contributed by atoms with Crippen LogP contribution in [0.3, 0.4) is 0 Å². The monoisotopic (exact) mass is 311 g/mol. The van der Waals surface area contributed by atoms with Crippen molar-refractivity contribution in [1.29, 1.82) is 0 Å². The summed E-state index contributed by atoms with van der Waals surface area (Å²) in [4.78, 5) is 11.8. The van der Waals surface area contributed by atoms with Gasteiger partial charge in [-0.2, -0.15) is 0 Å². The van der Waals surface area contributed by atoms with Gasteiger partial charge < -0.3 is 16.2 Å². The molecule has 0 spiro atoms. The number of aryl methyl sites for hydroxylation is 1. The number of carbonyl (C=O) groups is 1. The predicted molar refractivity (Wildman–Crippen MR) is 87.4 cm³/mol. The molecule has 1 amide bonds. The van der Waals surface area contributed by atoms with E-state index < -0.39 is 5.91 Å². The van der Waals surface area contributed by atoms with Crippen molar-refractivity contribution >= 4 is 17.2 Å². The summed E-state index contributed by atoms with van der Waals surface area (Å²) >= 11 is 0. The van der Waals surface area contributed by atoms with E-state index >= 15 is 0 Å². The zero-order valence-electron chi connectivity index (χ0n) is 13.1. The summed E-state index contributed by atoms with van der Waals surface area (Å²) in [5, 5.41) is 8.26. The minimum Gasteiger partial charge on any atom is -0.496 e. The van der Waals surface area contributed by atoms with E-state index in [1.807, 2.05) is 25.1 Å². The third-order valence-electron chi connectivity index (χ3n) is 3.95. The molecule has 1 aromatic carbocycles. The molecule has 3 aromatic rings. The number of nitrogens with zero attached hydrogens (tertiary/aromatic N) is 3. The summed E-state index contributed by atoms with van der Waals surface area (Å²) in [5.74, 6) is 0.768. The number of hydrogen-bond donors (Lipinski definition) is 2. The molecule has 0 aliphatic heterocycles. The number of pyridine rings is 1. The highest BCUT2D eigenvalue weighted by Crippen LogP contribution is 2.37. The van der Waals surface area contributed by atoms with E-state index in [-0.39, 0.29) is 11.3 Å². The quantitative estimate of drug-likeness (QED) is 0.765. The van der Waals surface area contributed by atoms with Crippen molar-refractivity contribution < 1.29 is 9.53 Å². The van der Waals surface area contributed by atoms with Crippen LogP contribution in [0.5, 0.6) is 5.75 Å². The van der Waals surface area contributed by atoms with Gasteiger partial charge >= 0.3 is 0 Å². The molecule has 118 valence electrons. The minimum absolute atomic E-state index is 0.234. The van der Waals surface area contributed by atoms with E-state index in [2.05, 4.69) is 10.2 Å². The zero-order valence-corrected chi connectivity index (χ0v) is 13.1. The molecule has 0 aliphatic carbocycles. The first-order valence-corrected chi connectivity index (χ1v) is 7.03. The van der Waals surface area contributed by atoms with Gasteiger partial charge in [0.1, 0.15) is 11.6 Å². The third kappa shape index (κ3) is 2.17. The van der Waals surface area contributed by atoms with Crippen LogP contribution in [0.4, 0.5) is 5.69 Å². The zero-order chi connectivity index (χ0) is 16.7. The van der Waals surface area contributed by atoms with Crippen molar-refractivity contribution in [3.63, 3.8) is 0 Å². The standard InChI is InChI=1S/C16H17N5O2/c1-8-10(5-4-6-12(8)23-3)13-14(17)11(15(18)22)7-21-9(2)19-20-16(13)21/h4-7H,17H2,1-3H3,(H2,18,22). The molecule has 0 atom stereocenters. The van der Waals surface area contributed by atoms with Crippen LogP contribution in [0, 0.1) is 13.8 Å². The SMILES string of the molecule is COc1cccc(-c2c(N)c(C(N)=O)cn3c(C)nnc23)c1C. The van der Waals surface area contributed by atoms with Crippen molar-refractivity contribution in [3.05, 3.63) is 41.3 Å². The van der Waals surface area contributed by atoms with Crippen LogP contribution in [-0.4, -0.2) is 27.6 Å². The predicted octanol–water partition coefficient (Wildman–Crippen LogP) is 1.70. The Labute approximate surface area is 132 Å². The van der Waals surface area contributed by atoms with Crippen LogP contribution in [0.1, 0.15) is 21.7 Å². The Morgan fingerprint density at radius 1 is 1.26 bits per heavy atom. The molecule has 0 bridgehead atoms. The first-order chi connectivity index (χ1) is 11.0. The number of primary amides is 1. The number of ether oxygens (including phenoxy) is 1. The molecule has 0 saturated carbocycles. The molecular weight excluding hydrogens is 294 g/mol. The first kappa shape index (κ1) is 14.8. The average Bonchev–Trinajstić information content (AvgIpc) is 2.88. The van der Waals surface area contributed by atoms with Gasteiger partial charge in [0.05, 0.1) is 23.9 Å². The molecule has 0 fully saturated rings. The Bertz CT molecular complexity index is 930. The van der Waals surface area contributed by atoms with Crippen LogP contribution in [-0.2, 0) is 0 Å². The molecule has 2 heterocycles. The van der Waals surface area contributed by atoms with Gasteiger partial charge in [-0.3, -0.25) is 9.20 Å². The number of hydrogen-bond acceptors (Lipinski definition) is 5. The number of carbonyl (C=O) groups excluding carboxylic acids is 1. The Hall–Kier alpha value is -3.09. The Kier molecular flexibility index (Phi) is 3.40. The van der Waals surface area contributed by atoms with Gasteiger partial charge in [0.25, 0.3) is 5.91 Å². The highest BCUT2D eigenvalue weighted by atomic mass is 16.5. The molecule has 0 saturated heterocycles. The van der Waals surface area contributed by atoms with Crippen LogP contribution in [0.2, 0.25) is 0 Å². The number of rotatable bonds is 3. The van der Waals surface area contributed by atoms with Gasteiger partial charge in [0, 0.05) is 6.20 Å². The van der Waals surface area contributed by atoms with Crippen LogP contribution in [0.25, 0.3) is 16.8 Å². The highest BCUT2D eigenvalue weighted by Gasteiger charge is 2.21. The summed E-state index contributed by atoms with van der Waals surface area (Å²) in [5.41, 5.74) is 15.1. The smallest absolute Gasteiger partial charge is 0.252 e. The van der Waals surface area contributed by atoms with Gasteiger partial charge in [-0.25, -0.2) is 0 Å². The van der Waals surface area contributed by atoms with E-state index in [0.29, 0.717) is 17.0 Å². The number of fused-ring (bicyclic) bond motifs is 1. The molecule has 2 aromatic heterocycles. The number of nitrogens with two attached hydrogens (primary N) is 2. The van der Waals surface area contributed by atoms with Gasteiger partial charge in [-0.15, -0.1) is 10.2 Å². The Morgan fingerprint density at radius 2 is 2.00 bits per heavy atom. The van der Waals surface area contributed by atoms with Crippen LogP contribution in [0.15, 0.2) is 24.4 Å². The second kappa shape index (κ2) is 5.28. The highest BCUT2D eigenvalue weighted by molar-refractivity contribution is 6.04. The topological polar surface area (TPSA) is 109 Å². The normalized spacial score (nSPS) is 10.9. The van der Waals surface area contributed by atoms with Crippen molar-refractivity contribution in [2.24, 2.45) is 5.73 Å². The van der Waals surface area contributed by atoms with Gasteiger partial charge in [0.15, 0.2) is 5.65 Å². The summed E-state index contributed by atoms with van der Waals surface area (Å²) < 4.78 is 7.08. The summed E-state index contributed by atoms with van der Waals surface area (Å²) in [6.07, 6.45) is 1.57. The number of aromatic nitrogens is 3. The van der Waals surface area contributed by atoms with Crippen molar-refractivity contribution in [2.45, 2.75) is 13.8 Å². The number of amides is 1. The molecule has 7 heteroatoms. The number of anilines is 1. The Balaban J connectivity index is 2.46. The molecule has 0 unspecified atom stereocenters. The molecular formula is C16H17N5O2. The van der Waals surface area contributed by atoms with E-state index in [9.17, 15) is 4.79 Å². The molecule has 0 radical (unpaired) electrons. The lowest BCUT2D eigenvalue weighted by atomic mass is 9.97. The maximum absolute atomic E-state index is 11.8. The van der Waals surface area contributed by atoms with Crippen molar-refractivity contribution in [3.8, 4) is 16.9 Å². The lowest BCUT2D eigenvalue weighted by Gasteiger charge is -2.15. The third-order valence-corrected chi connectivity index (χ3v) is 3.95. The number of nitrogen functional groups attached to an aromatic ring is 1. The van der Waals surface area contributed by atoms with Crippen molar-refractivity contribution in [2.75, 3.05) is 12.8 Å². The molecule has 7 nitrogen and oxygen atoms in total. The maximum atomic E-state index is 11.8. The lowest BCUT2D eigenvalue weighted by molar-refractivity contribution is 0.100. The second-order valence-corrected chi connectivity index (χ2v) is 5.27. The summed E-state index contributed by atoms with van der Waals surface area (Å²) in [6, 6.07) is 5.62. The summed E-state index contributed by atoms with van der Waals surface area (Å²) in [6.45, 7) is 3.72. The van der Waals surface area contributed by atoms with Crippen LogP contribution >= 0.6 is 0 Å². The van der Waals surface area contributed by atoms with Gasteiger partial charge in [-0.1, -0.05) is 12.1 Å². The number of benzene rings is 1. The van der Waals surface area contributed by atoms with E-state index in [1.165, 1.54) is 0 Å². The van der Waals surface area contributed by atoms with E-state index in [1.54, 1.807) is 24.6 Å². The van der Waals surface area contributed by atoms with Crippen molar-refractivity contribution in [1.82, 2.24) is 14.6 Å². The second-order valence-electron chi connectivity index (χ2n) is 5.27. The molecule has 23 heavy (non-hydrogen) atoms. The molecule has 3 rings (SSSR count). The maximum Gasteiger partial charge on any atom is 0.252 e. The first-order valence-electron chi connectivity index (χ1n) is 7.03. The average molecular weight is 311 g/mol. The fourth-order valence-electron chi connectivity index (χ4n) is 2.72. The molecule has 4 N–H and O–H groups in total. The van der Waals surface area contributed by atoms with Crippen LogP contribution < -0.4 is 16.2 Å². The van der Waals surface area contributed by atoms with E-state index in [4.69, 9.17) is 16.2 Å². The minimum atomic E-state index is -0.598. The fourth-order valence-corrected chi connectivity index (χ4v) is 2.72.